The van der Waals surface area contributed by atoms with Gasteiger partial charge in [-0.25, -0.2) is 9.59 Å². The molecule has 1 N–H and O–H groups in total. The Kier molecular flexibility index (Phi) is 2.94. The number of nitrogens with one attached hydrogen (secondary N) is 1. The van der Waals surface area contributed by atoms with Crippen LogP contribution in [-0.2, 0) is 4.74 Å². The predicted octanol–water partition coefficient (Wildman–Crippen LogP) is 2.67. The summed E-state index contributed by atoms with van der Waals surface area (Å²) in [4.78, 5) is 23.7. The van der Waals surface area contributed by atoms with Crippen LogP contribution in [0.3, 0.4) is 0 Å². The van der Waals surface area contributed by atoms with Crippen molar-refractivity contribution in [2.45, 2.75) is 19.6 Å². The first-order valence-electron chi connectivity index (χ1n) is 6.37. The van der Waals surface area contributed by atoms with E-state index in [9.17, 15) is 9.59 Å². The summed E-state index contributed by atoms with van der Waals surface area (Å²) in [6, 6.07) is 10.7. The van der Waals surface area contributed by atoms with Crippen molar-refractivity contribution in [3.05, 3.63) is 52.4 Å². The fraction of sp³-hybridized carbons (Fsp3) is 0.200. The van der Waals surface area contributed by atoms with Gasteiger partial charge in [0.25, 0.3) is 0 Å². The van der Waals surface area contributed by atoms with E-state index in [-0.39, 0.29) is 17.2 Å². The summed E-state index contributed by atoms with van der Waals surface area (Å²) >= 11 is 0. The van der Waals surface area contributed by atoms with E-state index < -0.39 is 17.4 Å². The Morgan fingerprint density at radius 1 is 1.05 bits per heavy atom. The van der Waals surface area contributed by atoms with Crippen LogP contribution in [0, 0.1) is 0 Å². The molecule has 0 fully saturated rings. The SMILES string of the molecule is CC1(C)OC(=O)c2c(cc(Nc3ccccc3)oc2=O)O1. The molecule has 6 nitrogen and oxygen atoms in total. The van der Waals surface area contributed by atoms with Gasteiger partial charge in [-0.3, -0.25) is 0 Å². The summed E-state index contributed by atoms with van der Waals surface area (Å²) in [5.41, 5.74) is -0.280. The lowest BCUT2D eigenvalue weighted by molar-refractivity contribution is -0.128. The number of cyclic esters (lactones) is 1. The van der Waals surface area contributed by atoms with Gasteiger partial charge in [0.1, 0.15) is 0 Å². The Morgan fingerprint density at radius 3 is 2.48 bits per heavy atom. The predicted molar refractivity (Wildman–Crippen MR) is 74.8 cm³/mol. The van der Waals surface area contributed by atoms with Crippen LogP contribution < -0.4 is 15.7 Å². The van der Waals surface area contributed by atoms with Gasteiger partial charge in [-0.2, -0.15) is 0 Å². The highest BCUT2D eigenvalue weighted by molar-refractivity contribution is 5.93. The van der Waals surface area contributed by atoms with Crippen LogP contribution in [0.1, 0.15) is 24.2 Å². The second kappa shape index (κ2) is 4.66. The normalized spacial score (nSPS) is 15.6. The van der Waals surface area contributed by atoms with Crippen molar-refractivity contribution in [2.24, 2.45) is 0 Å². The van der Waals surface area contributed by atoms with Gasteiger partial charge >= 0.3 is 11.6 Å². The zero-order valence-electron chi connectivity index (χ0n) is 11.5. The van der Waals surface area contributed by atoms with Crippen molar-refractivity contribution in [1.29, 1.82) is 0 Å². The molecule has 1 aliphatic rings. The minimum atomic E-state index is -1.12. The average Bonchev–Trinajstić information content (AvgIpc) is 2.37. The molecule has 0 unspecified atom stereocenters. The molecule has 1 aliphatic heterocycles. The van der Waals surface area contributed by atoms with Crippen molar-refractivity contribution in [1.82, 2.24) is 0 Å². The van der Waals surface area contributed by atoms with Gasteiger partial charge in [0.05, 0.1) is 0 Å². The molecule has 2 heterocycles. The number of fused-ring (bicyclic) bond motifs is 1. The molecule has 2 aromatic rings. The van der Waals surface area contributed by atoms with Crippen LogP contribution >= 0.6 is 0 Å². The van der Waals surface area contributed by atoms with E-state index in [2.05, 4.69) is 5.32 Å². The molecule has 108 valence electrons. The molecule has 0 radical (unpaired) electrons. The molecule has 0 spiro atoms. The lowest BCUT2D eigenvalue weighted by atomic mass is 10.2. The van der Waals surface area contributed by atoms with Gasteiger partial charge in [0, 0.05) is 25.6 Å². The van der Waals surface area contributed by atoms with E-state index in [1.165, 1.54) is 6.07 Å². The standard InChI is InChI=1S/C15H13NO5/c1-15(2)20-10-8-11(16-9-6-4-3-5-7-9)19-13(17)12(10)14(18)21-15/h3-8,16H,1-2H3. The van der Waals surface area contributed by atoms with E-state index >= 15 is 0 Å². The number of hydrogen-bond donors (Lipinski definition) is 1. The summed E-state index contributed by atoms with van der Waals surface area (Å²) in [5.74, 6) is -1.54. The maximum absolute atomic E-state index is 11.9. The van der Waals surface area contributed by atoms with Crippen molar-refractivity contribution < 1.29 is 18.7 Å². The van der Waals surface area contributed by atoms with E-state index in [1.807, 2.05) is 30.3 Å². The monoisotopic (exact) mass is 287 g/mol. The van der Waals surface area contributed by atoms with Crippen LogP contribution in [0.15, 0.2) is 45.6 Å². The van der Waals surface area contributed by atoms with Crippen molar-refractivity contribution in [3.8, 4) is 5.75 Å². The van der Waals surface area contributed by atoms with Crippen molar-refractivity contribution in [3.63, 3.8) is 0 Å². The summed E-state index contributed by atoms with van der Waals surface area (Å²) in [6.45, 7) is 3.18. The summed E-state index contributed by atoms with van der Waals surface area (Å²) in [7, 11) is 0. The van der Waals surface area contributed by atoms with Crippen molar-refractivity contribution >= 4 is 17.5 Å². The zero-order chi connectivity index (χ0) is 15.0. The largest absolute Gasteiger partial charge is 0.451 e. The minimum absolute atomic E-state index is 0.144. The highest BCUT2D eigenvalue weighted by atomic mass is 16.7. The molecule has 0 bridgehead atoms. The van der Waals surface area contributed by atoms with Crippen molar-refractivity contribution in [2.75, 3.05) is 5.32 Å². The Labute approximate surface area is 120 Å². The van der Waals surface area contributed by atoms with Gasteiger partial charge in [-0.05, 0) is 12.1 Å². The third kappa shape index (κ3) is 2.60. The zero-order valence-corrected chi connectivity index (χ0v) is 11.5. The number of carbonyl (C=O) groups is 1. The molecule has 21 heavy (non-hydrogen) atoms. The number of rotatable bonds is 2. The number of esters is 1. The molecule has 0 saturated carbocycles. The molecule has 6 heteroatoms. The molecule has 1 aromatic heterocycles. The topological polar surface area (TPSA) is 77.8 Å². The fourth-order valence-corrected chi connectivity index (χ4v) is 2.02. The number of ether oxygens (including phenoxy) is 2. The van der Waals surface area contributed by atoms with Crippen LogP contribution in [0.2, 0.25) is 0 Å². The number of anilines is 2. The van der Waals surface area contributed by atoms with Gasteiger partial charge in [-0.1, -0.05) is 18.2 Å². The van der Waals surface area contributed by atoms with E-state index in [0.717, 1.165) is 5.69 Å². The molecule has 0 saturated heterocycles. The fourth-order valence-electron chi connectivity index (χ4n) is 2.02. The van der Waals surface area contributed by atoms with Gasteiger partial charge < -0.3 is 19.2 Å². The summed E-state index contributed by atoms with van der Waals surface area (Å²) < 4.78 is 15.6. The highest BCUT2D eigenvalue weighted by Gasteiger charge is 2.37. The number of hydrogen-bond acceptors (Lipinski definition) is 6. The van der Waals surface area contributed by atoms with Gasteiger partial charge in [-0.15, -0.1) is 0 Å². The maximum atomic E-state index is 11.9. The number of para-hydroxylation sites is 1. The molecule has 3 rings (SSSR count). The second-order valence-corrected chi connectivity index (χ2v) is 5.02. The Hall–Kier alpha value is -2.76. The Morgan fingerprint density at radius 2 is 1.76 bits per heavy atom. The molecular formula is C15H13NO5. The second-order valence-electron chi connectivity index (χ2n) is 5.02. The first kappa shape index (κ1) is 13.2. The van der Waals surface area contributed by atoms with Crippen LogP contribution in [0.4, 0.5) is 11.6 Å². The van der Waals surface area contributed by atoms with E-state index in [0.29, 0.717) is 0 Å². The highest BCUT2D eigenvalue weighted by Crippen LogP contribution is 2.31. The van der Waals surface area contributed by atoms with Crippen LogP contribution in [-0.4, -0.2) is 11.8 Å². The Balaban J connectivity index is 2.01. The number of carbonyl (C=O) groups excluding carboxylic acids is 1. The molecular weight excluding hydrogens is 274 g/mol. The first-order valence-corrected chi connectivity index (χ1v) is 6.37. The summed E-state index contributed by atoms with van der Waals surface area (Å²) in [5, 5.41) is 2.94. The molecule has 0 atom stereocenters. The minimum Gasteiger partial charge on any atom is -0.451 e. The molecule has 1 aromatic carbocycles. The maximum Gasteiger partial charge on any atom is 0.356 e. The van der Waals surface area contributed by atoms with Crippen LogP contribution in [0.5, 0.6) is 5.75 Å². The smallest absolute Gasteiger partial charge is 0.356 e. The number of benzene rings is 1. The van der Waals surface area contributed by atoms with E-state index in [1.54, 1.807) is 13.8 Å². The molecule has 0 aliphatic carbocycles. The summed E-state index contributed by atoms with van der Waals surface area (Å²) in [6.07, 6.45) is 0. The van der Waals surface area contributed by atoms with Gasteiger partial charge in [0.2, 0.25) is 11.7 Å². The van der Waals surface area contributed by atoms with Crippen LogP contribution in [0.25, 0.3) is 0 Å². The lowest BCUT2D eigenvalue weighted by Crippen LogP contribution is -2.41. The third-order valence-electron chi connectivity index (χ3n) is 2.86. The Bertz CT molecular complexity index is 748. The first-order chi connectivity index (χ1) is 9.94. The lowest BCUT2D eigenvalue weighted by Gasteiger charge is -2.30. The van der Waals surface area contributed by atoms with E-state index in [4.69, 9.17) is 13.9 Å². The van der Waals surface area contributed by atoms with Gasteiger partial charge in [0.15, 0.2) is 11.3 Å². The quantitative estimate of drug-likeness (QED) is 0.856. The molecule has 0 amide bonds. The third-order valence-corrected chi connectivity index (χ3v) is 2.86. The average molecular weight is 287 g/mol.